The number of hydrogen-bond donors (Lipinski definition) is 1. The van der Waals surface area contributed by atoms with E-state index in [0.29, 0.717) is 4.90 Å². The van der Waals surface area contributed by atoms with Crippen LogP contribution in [0.3, 0.4) is 0 Å². The minimum absolute atomic E-state index is 0.217. The molecule has 1 atom stereocenters. The van der Waals surface area contributed by atoms with Crippen LogP contribution in [0.4, 0.5) is 0 Å². The van der Waals surface area contributed by atoms with Gasteiger partial charge in [0.25, 0.3) is 0 Å². The summed E-state index contributed by atoms with van der Waals surface area (Å²) in [5, 5.41) is 1.94. The Kier molecular flexibility index (Phi) is 4.08. The van der Waals surface area contributed by atoms with Crippen molar-refractivity contribution in [1.82, 2.24) is 4.72 Å². The molecule has 0 saturated heterocycles. The maximum absolute atomic E-state index is 12.4. The maximum Gasteiger partial charge on any atom is 0.241 e. The number of thiophene rings is 1. The summed E-state index contributed by atoms with van der Waals surface area (Å²) >= 11 is 1.55. The van der Waals surface area contributed by atoms with E-state index < -0.39 is 10.0 Å². The Hall–Kier alpha value is -1.17. The van der Waals surface area contributed by atoms with Gasteiger partial charge in [-0.15, -0.1) is 11.3 Å². The fraction of sp³-hybridized carbons (Fsp3) is 0.286. The number of benzene rings is 1. The first-order valence-corrected chi connectivity index (χ1v) is 8.39. The van der Waals surface area contributed by atoms with Crippen LogP contribution < -0.4 is 4.72 Å². The zero-order valence-corrected chi connectivity index (χ0v) is 12.8. The Morgan fingerprint density at radius 3 is 2.53 bits per heavy atom. The van der Waals surface area contributed by atoms with E-state index in [-0.39, 0.29) is 6.04 Å². The largest absolute Gasteiger partial charge is 0.241 e. The number of hydrogen-bond acceptors (Lipinski definition) is 3. The normalized spacial score (nSPS) is 13.4. The fourth-order valence-corrected chi connectivity index (χ4v) is 4.25. The lowest BCUT2D eigenvalue weighted by atomic mass is 10.2. The highest BCUT2D eigenvalue weighted by molar-refractivity contribution is 7.89. The second-order valence-electron chi connectivity index (χ2n) is 4.63. The summed E-state index contributed by atoms with van der Waals surface area (Å²) in [6, 6.07) is 8.99. The van der Waals surface area contributed by atoms with Crippen molar-refractivity contribution in [3.63, 3.8) is 0 Å². The second kappa shape index (κ2) is 5.45. The van der Waals surface area contributed by atoms with Gasteiger partial charge in [0.05, 0.1) is 10.9 Å². The van der Waals surface area contributed by atoms with Gasteiger partial charge in [0, 0.05) is 4.88 Å². The van der Waals surface area contributed by atoms with Gasteiger partial charge in [-0.25, -0.2) is 13.1 Å². The van der Waals surface area contributed by atoms with Gasteiger partial charge in [0.1, 0.15) is 0 Å². The first kappa shape index (κ1) is 14.2. The Morgan fingerprint density at radius 2 is 1.95 bits per heavy atom. The molecule has 0 saturated carbocycles. The molecule has 0 aliphatic carbocycles. The van der Waals surface area contributed by atoms with Crippen LogP contribution in [0.25, 0.3) is 0 Å². The van der Waals surface area contributed by atoms with Crippen molar-refractivity contribution in [1.29, 1.82) is 0 Å². The topological polar surface area (TPSA) is 46.2 Å². The molecule has 5 heteroatoms. The number of nitrogens with one attached hydrogen (secondary N) is 1. The van der Waals surface area contributed by atoms with Crippen LogP contribution in [0.15, 0.2) is 40.6 Å². The molecule has 102 valence electrons. The molecule has 0 aliphatic heterocycles. The molecule has 0 radical (unpaired) electrons. The molecule has 2 aromatic rings. The van der Waals surface area contributed by atoms with Crippen LogP contribution in [0.1, 0.15) is 29.0 Å². The van der Waals surface area contributed by atoms with E-state index >= 15 is 0 Å². The molecule has 0 amide bonds. The van der Waals surface area contributed by atoms with E-state index in [4.69, 9.17) is 0 Å². The molecule has 19 heavy (non-hydrogen) atoms. The van der Waals surface area contributed by atoms with Crippen molar-refractivity contribution in [3.05, 3.63) is 51.7 Å². The van der Waals surface area contributed by atoms with Crippen molar-refractivity contribution < 1.29 is 8.42 Å². The molecule has 0 spiro atoms. The number of sulfonamides is 1. The molecular formula is C14H17NO2S2. The summed E-state index contributed by atoms with van der Waals surface area (Å²) < 4.78 is 27.4. The van der Waals surface area contributed by atoms with Gasteiger partial charge in [-0.05, 0) is 43.8 Å². The molecule has 0 aliphatic rings. The SMILES string of the molecule is Cc1ccc(S(=O)(=O)N[C@H](C)c2cccs2)c(C)c1. The average molecular weight is 295 g/mol. The molecule has 3 nitrogen and oxygen atoms in total. The minimum Gasteiger partial charge on any atom is -0.207 e. The molecule has 0 unspecified atom stereocenters. The monoisotopic (exact) mass is 295 g/mol. The molecule has 1 aromatic carbocycles. The highest BCUT2D eigenvalue weighted by Gasteiger charge is 2.20. The first-order valence-electron chi connectivity index (χ1n) is 6.03. The predicted molar refractivity (Wildman–Crippen MR) is 79.0 cm³/mol. The highest BCUT2D eigenvalue weighted by atomic mass is 32.2. The maximum atomic E-state index is 12.4. The third kappa shape index (κ3) is 3.23. The zero-order chi connectivity index (χ0) is 14.0. The summed E-state index contributed by atoms with van der Waals surface area (Å²) in [5.41, 5.74) is 1.83. The quantitative estimate of drug-likeness (QED) is 0.939. The molecular weight excluding hydrogens is 278 g/mol. The molecule has 1 aromatic heterocycles. The smallest absolute Gasteiger partial charge is 0.207 e. The van der Waals surface area contributed by atoms with Gasteiger partial charge in [0.15, 0.2) is 0 Å². The lowest BCUT2D eigenvalue weighted by molar-refractivity contribution is 0.568. The third-order valence-corrected chi connectivity index (χ3v) is 5.68. The van der Waals surface area contributed by atoms with Crippen LogP contribution in [0, 0.1) is 13.8 Å². The van der Waals surface area contributed by atoms with E-state index in [1.807, 2.05) is 50.4 Å². The summed E-state index contributed by atoms with van der Waals surface area (Å²) in [4.78, 5) is 1.36. The molecule has 1 N–H and O–H groups in total. The van der Waals surface area contributed by atoms with Gasteiger partial charge in [-0.3, -0.25) is 0 Å². The van der Waals surface area contributed by atoms with E-state index in [2.05, 4.69) is 4.72 Å². The lowest BCUT2D eigenvalue weighted by Crippen LogP contribution is -2.27. The average Bonchev–Trinajstić information content (AvgIpc) is 2.80. The second-order valence-corrected chi connectivity index (χ2v) is 7.29. The summed E-state index contributed by atoms with van der Waals surface area (Å²) in [7, 11) is -3.48. The van der Waals surface area contributed by atoms with Crippen LogP contribution in [0.2, 0.25) is 0 Å². The van der Waals surface area contributed by atoms with Crippen molar-refractivity contribution >= 4 is 21.4 Å². The Morgan fingerprint density at radius 1 is 1.21 bits per heavy atom. The molecule has 1 heterocycles. The van der Waals surface area contributed by atoms with Gasteiger partial charge in [0.2, 0.25) is 10.0 Å². The highest BCUT2D eigenvalue weighted by Crippen LogP contribution is 2.22. The van der Waals surface area contributed by atoms with Crippen molar-refractivity contribution in [2.75, 3.05) is 0 Å². The Labute approximate surface area is 118 Å². The van der Waals surface area contributed by atoms with E-state index in [1.165, 1.54) is 0 Å². The van der Waals surface area contributed by atoms with Gasteiger partial charge in [-0.2, -0.15) is 0 Å². The molecule has 2 rings (SSSR count). The van der Waals surface area contributed by atoms with E-state index in [0.717, 1.165) is 16.0 Å². The van der Waals surface area contributed by atoms with E-state index in [9.17, 15) is 8.42 Å². The van der Waals surface area contributed by atoms with Crippen LogP contribution in [-0.4, -0.2) is 8.42 Å². The fourth-order valence-electron chi connectivity index (χ4n) is 1.99. The summed E-state index contributed by atoms with van der Waals surface area (Å²) in [5.74, 6) is 0. The van der Waals surface area contributed by atoms with Crippen molar-refractivity contribution in [3.8, 4) is 0 Å². The van der Waals surface area contributed by atoms with Crippen LogP contribution in [-0.2, 0) is 10.0 Å². The van der Waals surface area contributed by atoms with Gasteiger partial charge >= 0.3 is 0 Å². The van der Waals surface area contributed by atoms with Gasteiger partial charge in [-0.1, -0.05) is 23.8 Å². The standard InChI is InChI=1S/C14H17NO2S2/c1-10-6-7-14(11(2)9-10)19(16,17)15-12(3)13-5-4-8-18-13/h4-9,12,15H,1-3H3/t12-/m1/s1. The van der Waals surface area contributed by atoms with Crippen LogP contribution >= 0.6 is 11.3 Å². The minimum atomic E-state index is -3.48. The third-order valence-electron chi connectivity index (χ3n) is 2.92. The Bertz CT molecular complexity index is 661. The summed E-state index contributed by atoms with van der Waals surface area (Å²) in [6.45, 7) is 5.62. The van der Waals surface area contributed by atoms with Gasteiger partial charge < -0.3 is 0 Å². The Balaban J connectivity index is 2.28. The number of aryl methyl sites for hydroxylation is 2. The zero-order valence-electron chi connectivity index (χ0n) is 11.2. The number of rotatable bonds is 4. The molecule has 0 bridgehead atoms. The predicted octanol–water partition coefficient (Wildman–Crippen LogP) is 3.40. The lowest BCUT2D eigenvalue weighted by Gasteiger charge is -2.14. The van der Waals surface area contributed by atoms with Crippen LogP contribution in [0.5, 0.6) is 0 Å². The van der Waals surface area contributed by atoms with Crippen molar-refractivity contribution in [2.24, 2.45) is 0 Å². The first-order chi connectivity index (χ1) is 8.90. The van der Waals surface area contributed by atoms with Crippen molar-refractivity contribution in [2.45, 2.75) is 31.7 Å². The molecule has 0 fully saturated rings. The van der Waals surface area contributed by atoms with E-state index in [1.54, 1.807) is 17.4 Å². The summed E-state index contributed by atoms with van der Waals surface area (Å²) in [6.07, 6.45) is 0.